The van der Waals surface area contributed by atoms with Crippen molar-refractivity contribution in [2.45, 2.75) is 6.42 Å². The summed E-state index contributed by atoms with van der Waals surface area (Å²) in [6.07, 6.45) is 1.88. The van der Waals surface area contributed by atoms with Gasteiger partial charge in [-0.25, -0.2) is 0 Å². The van der Waals surface area contributed by atoms with E-state index in [2.05, 4.69) is 20.5 Å². The summed E-state index contributed by atoms with van der Waals surface area (Å²) in [6, 6.07) is 19.2. The van der Waals surface area contributed by atoms with Crippen LogP contribution in [0.5, 0.6) is 0 Å². The lowest BCUT2D eigenvalue weighted by molar-refractivity contribution is -0.115. The molecule has 2 aromatic carbocycles. The van der Waals surface area contributed by atoms with Crippen molar-refractivity contribution >= 4 is 22.5 Å². The zero-order valence-electron chi connectivity index (χ0n) is 14.3. The van der Waals surface area contributed by atoms with Crippen LogP contribution in [0.1, 0.15) is 5.82 Å². The van der Waals surface area contributed by atoms with E-state index in [9.17, 15) is 4.79 Å². The summed E-state index contributed by atoms with van der Waals surface area (Å²) in [5.41, 5.74) is 2.55. The van der Waals surface area contributed by atoms with E-state index in [0.29, 0.717) is 5.82 Å². The molecule has 4 aromatic rings. The number of nitrogens with one attached hydrogen (secondary N) is 1. The number of anilines is 1. The predicted molar refractivity (Wildman–Crippen MR) is 101 cm³/mol. The Labute approximate surface area is 150 Å². The Morgan fingerprint density at radius 1 is 1.00 bits per heavy atom. The first kappa shape index (κ1) is 16.0. The lowest BCUT2D eigenvalue weighted by Gasteiger charge is -2.08. The molecular weight excluding hydrogens is 326 g/mol. The van der Waals surface area contributed by atoms with Crippen molar-refractivity contribution in [3.8, 4) is 11.4 Å². The van der Waals surface area contributed by atoms with Crippen LogP contribution in [0.4, 0.5) is 5.69 Å². The molecule has 0 fully saturated rings. The minimum absolute atomic E-state index is 0.142. The van der Waals surface area contributed by atoms with Crippen LogP contribution in [0.15, 0.2) is 66.9 Å². The summed E-state index contributed by atoms with van der Waals surface area (Å²) in [5, 5.41) is 12.3. The molecule has 0 aliphatic carbocycles. The summed E-state index contributed by atoms with van der Waals surface area (Å²) in [6.45, 7) is 0. The second-order valence-electron chi connectivity index (χ2n) is 5.97. The Hall–Kier alpha value is -3.54. The predicted octanol–water partition coefficient (Wildman–Crippen LogP) is 3.21. The van der Waals surface area contributed by atoms with Crippen molar-refractivity contribution in [2.75, 3.05) is 5.32 Å². The van der Waals surface area contributed by atoms with Crippen molar-refractivity contribution < 1.29 is 4.79 Å². The van der Waals surface area contributed by atoms with Crippen LogP contribution in [0.2, 0.25) is 0 Å². The molecule has 0 unspecified atom stereocenters. The van der Waals surface area contributed by atoms with Crippen LogP contribution in [0.3, 0.4) is 0 Å². The van der Waals surface area contributed by atoms with Crippen molar-refractivity contribution in [1.29, 1.82) is 0 Å². The molecule has 128 valence electrons. The van der Waals surface area contributed by atoms with E-state index in [4.69, 9.17) is 0 Å². The van der Waals surface area contributed by atoms with Gasteiger partial charge in [0.1, 0.15) is 5.82 Å². The highest BCUT2D eigenvalue weighted by Crippen LogP contribution is 2.22. The average Bonchev–Trinajstić information content (AvgIpc) is 3.03. The topological polar surface area (TPSA) is 72.7 Å². The normalized spacial score (nSPS) is 10.8. The monoisotopic (exact) mass is 343 g/mol. The molecule has 0 radical (unpaired) electrons. The summed E-state index contributed by atoms with van der Waals surface area (Å²) < 4.78 is 1.85. The van der Waals surface area contributed by atoms with Gasteiger partial charge in [0.15, 0.2) is 5.82 Å². The SMILES string of the molecule is Cn1c(CC(=O)Nc2cccc3ncccc23)nnc1-c1ccccc1. The highest BCUT2D eigenvalue weighted by Gasteiger charge is 2.14. The number of pyridine rings is 1. The first-order valence-corrected chi connectivity index (χ1v) is 8.29. The van der Waals surface area contributed by atoms with Crippen LogP contribution < -0.4 is 5.32 Å². The molecule has 0 spiro atoms. The number of nitrogens with zero attached hydrogens (tertiary/aromatic N) is 4. The minimum Gasteiger partial charge on any atom is -0.325 e. The molecule has 2 heterocycles. The third kappa shape index (κ3) is 3.04. The zero-order valence-corrected chi connectivity index (χ0v) is 14.3. The molecule has 1 N–H and O–H groups in total. The fraction of sp³-hybridized carbons (Fsp3) is 0.100. The van der Waals surface area contributed by atoms with E-state index in [1.54, 1.807) is 6.20 Å². The van der Waals surface area contributed by atoms with Crippen molar-refractivity contribution in [3.05, 3.63) is 72.7 Å². The van der Waals surface area contributed by atoms with E-state index in [1.807, 2.05) is 72.3 Å². The third-order valence-corrected chi connectivity index (χ3v) is 4.24. The Morgan fingerprint density at radius 2 is 1.85 bits per heavy atom. The van der Waals surface area contributed by atoms with Crippen molar-refractivity contribution in [2.24, 2.45) is 7.05 Å². The van der Waals surface area contributed by atoms with E-state index >= 15 is 0 Å². The van der Waals surface area contributed by atoms with Crippen molar-refractivity contribution in [1.82, 2.24) is 19.7 Å². The first-order chi connectivity index (χ1) is 12.7. The molecule has 6 heteroatoms. The maximum atomic E-state index is 12.5. The van der Waals surface area contributed by atoms with Crippen LogP contribution in [0.25, 0.3) is 22.3 Å². The van der Waals surface area contributed by atoms with Gasteiger partial charge in [0.25, 0.3) is 0 Å². The molecule has 1 amide bonds. The summed E-state index contributed by atoms with van der Waals surface area (Å²) in [4.78, 5) is 16.8. The van der Waals surface area contributed by atoms with Gasteiger partial charge in [-0.1, -0.05) is 36.4 Å². The highest BCUT2D eigenvalue weighted by molar-refractivity contribution is 6.01. The third-order valence-electron chi connectivity index (χ3n) is 4.24. The number of aromatic nitrogens is 4. The molecule has 26 heavy (non-hydrogen) atoms. The maximum Gasteiger partial charge on any atom is 0.232 e. The summed E-state index contributed by atoms with van der Waals surface area (Å²) in [5.74, 6) is 1.21. The number of rotatable bonds is 4. The minimum atomic E-state index is -0.142. The second kappa shape index (κ2) is 6.76. The number of hydrogen-bond acceptors (Lipinski definition) is 4. The maximum absolute atomic E-state index is 12.5. The molecule has 2 aromatic heterocycles. The number of carbonyl (C=O) groups excluding carboxylic acids is 1. The highest BCUT2D eigenvalue weighted by atomic mass is 16.1. The number of amides is 1. The molecule has 0 bridgehead atoms. The van der Waals surface area contributed by atoms with Gasteiger partial charge in [-0.15, -0.1) is 10.2 Å². The van der Waals surface area contributed by atoms with Gasteiger partial charge < -0.3 is 9.88 Å². The van der Waals surface area contributed by atoms with Crippen LogP contribution >= 0.6 is 0 Å². The van der Waals surface area contributed by atoms with Gasteiger partial charge >= 0.3 is 0 Å². The molecule has 0 saturated carbocycles. The molecule has 0 aliphatic rings. The molecule has 0 saturated heterocycles. The van der Waals surface area contributed by atoms with E-state index < -0.39 is 0 Å². The Bertz CT molecular complexity index is 1070. The van der Waals surface area contributed by atoms with Crippen molar-refractivity contribution in [3.63, 3.8) is 0 Å². The fourth-order valence-corrected chi connectivity index (χ4v) is 2.90. The largest absolute Gasteiger partial charge is 0.325 e. The van der Waals surface area contributed by atoms with Gasteiger partial charge in [0.05, 0.1) is 17.6 Å². The Kier molecular flexibility index (Phi) is 4.15. The molecule has 6 nitrogen and oxygen atoms in total. The molecule has 0 atom stereocenters. The summed E-state index contributed by atoms with van der Waals surface area (Å²) >= 11 is 0. The van der Waals surface area contributed by atoms with Crippen LogP contribution in [0, 0.1) is 0 Å². The molecule has 0 aliphatic heterocycles. The van der Waals surface area contributed by atoms with E-state index in [0.717, 1.165) is 28.0 Å². The first-order valence-electron chi connectivity index (χ1n) is 8.29. The molecule has 4 rings (SSSR count). The standard InChI is InChI=1S/C20H17N5O/c1-25-18(23-24-20(25)14-7-3-2-4-8-14)13-19(26)22-17-11-5-10-16-15(17)9-6-12-21-16/h2-12H,13H2,1H3,(H,22,26). The lowest BCUT2D eigenvalue weighted by Crippen LogP contribution is -2.17. The Morgan fingerprint density at radius 3 is 2.69 bits per heavy atom. The van der Waals surface area contributed by atoms with E-state index in [-0.39, 0.29) is 12.3 Å². The van der Waals surface area contributed by atoms with Gasteiger partial charge in [-0.05, 0) is 24.3 Å². The van der Waals surface area contributed by atoms with Gasteiger partial charge in [0, 0.05) is 24.2 Å². The second-order valence-corrected chi connectivity index (χ2v) is 5.97. The number of hydrogen-bond donors (Lipinski definition) is 1. The van der Waals surface area contributed by atoms with Gasteiger partial charge in [-0.2, -0.15) is 0 Å². The molecular formula is C20H17N5O. The number of fused-ring (bicyclic) bond motifs is 1. The fourth-order valence-electron chi connectivity index (χ4n) is 2.90. The van der Waals surface area contributed by atoms with E-state index in [1.165, 1.54) is 0 Å². The number of carbonyl (C=O) groups is 1. The van der Waals surface area contributed by atoms with Crippen LogP contribution in [-0.2, 0) is 18.3 Å². The summed E-state index contributed by atoms with van der Waals surface area (Å²) in [7, 11) is 1.87. The lowest BCUT2D eigenvalue weighted by atomic mass is 10.2. The quantitative estimate of drug-likeness (QED) is 0.617. The Balaban J connectivity index is 1.55. The average molecular weight is 343 g/mol. The van der Waals surface area contributed by atoms with Crippen LogP contribution in [-0.4, -0.2) is 25.7 Å². The van der Waals surface area contributed by atoms with Gasteiger partial charge in [-0.3, -0.25) is 9.78 Å². The number of benzene rings is 2. The van der Waals surface area contributed by atoms with Gasteiger partial charge in [0.2, 0.25) is 5.91 Å². The zero-order chi connectivity index (χ0) is 17.9. The smallest absolute Gasteiger partial charge is 0.232 e.